The number of nitro benzene ring substituents is 1. The van der Waals surface area contributed by atoms with Gasteiger partial charge in [0.15, 0.2) is 4.90 Å². The first-order valence-corrected chi connectivity index (χ1v) is 7.86. The van der Waals surface area contributed by atoms with Crippen LogP contribution in [-0.4, -0.2) is 42.9 Å². The number of hydrogen-bond acceptors (Lipinski definition) is 6. The average molecular weight is 315 g/mol. The van der Waals surface area contributed by atoms with E-state index < -0.39 is 20.6 Å². The number of nitro groups is 1. The van der Waals surface area contributed by atoms with Gasteiger partial charge in [0.2, 0.25) is 10.0 Å². The van der Waals surface area contributed by atoms with Crippen LogP contribution in [-0.2, 0) is 14.8 Å². The van der Waals surface area contributed by atoms with E-state index >= 15 is 0 Å². The summed E-state index contributed by atoms with van der Waals surface area (Å²) >= 11 is 0. The summed E-state index contributed by atoms with van der Waals surface area (Å²) < 4.78 is 32.0. The van der Waals surface area contributed by atoms with E-state index in [0.717, 1.165) is 0 Å². The molecular weight excluding hydrogens is 298 g/mol. The minimum absolute atomic E-state index is 0.151. The fraction of sp³-hybridized carbons (Fsp3) is 0.500. The molecule has 1 aromatic rings. The van der Waals surface area contributed by atoms with E-state index in [2.05, 4.69) is 0 Å². The average Bonchev–Trinajstić information content (AvgIpc) is 2.36. The van der Waals surface area contributed by atoms with Crippen LogP contribution in [0.1, 0.15) is 13.8 Å². The minimum Gasteiger partial charge on any atom is -0.393 e. The van der Waals surface area contributed by atoms with E-state index in [-0.39, 0.29) is 35.9 Å². The van der Waals surface area contributed by atoms with Gasteiger partial charge in [-0.25, -0.2) is 8.42 Å². The second-order valence-electron chi connectivity index (χ2n) is 5.03. The van der Waals surface area contributed by atoms with E-state index in [1.165, 1.54) is 22.5 Å². The maximum Gasteiger partial charge on any atom is 0.312 e. The zero-order valence-electron chi connectivity index (χ0n) is 11.7. The molecule has 0 aromatic heterocycles. The van der Waals surface area contributed by atoms with E-state index in [0.29, 0.717) is 0 Å². The summed E-state index contributed by atoms with van der Waals surface area (Å²) in [4.78, 5) is 9.97. The lowest BCUT2D eigenvalue weighted by molar-refractivity contribution is -0.386. The summed E-state index contributed by atoms with van der Waals surface area (Å²) in [7, 11) is -3.99. The first-order valence-electron chi connectivity index (χ1n) is 6.42. The van der Waals surface area contributed by atoms with Gasteiger partial charge < -0.3 is 10.5 Å². The van der Waals surface area contributed by atoms with Gasteiger partial charge in [-0.3, -0.25) is 10.1 Å². The van der Waals surface area contributed by atoms with Gasteiger partial charge in [-0.1, -0.05) is 6.07 Å². The highest BCUT2D eigenvalue weighted by Crippen LogP contribution is 2.32. The third-order valence-corrected chi connectivity index (χ3v) is 5.08. The van der Waals surface area contributed by atoms with Gasteiger partial charge in [0.05, 0.1) is 17.1 Å². The lowest BCUT2D eigenvalue weighted by Crippen LogP contribution is -2.48. The number of morpholine rings is 1. The molecule has 116 valence electrons. The number of nitrogens with two attached hydrogens (primary N) is 1. The lowest BCUT2D eigenvalue weighted by Gasteiger charge is -2.34. The van der Waals surface area contributed by atoms with Crippen molar-refractivity contribution in [1.82, 2.24) is 4.31 Å². The van der Waals surface area contributed by atoms with Gasteiger partial charge in [-0.15, -0.1) is 0 Å². The van der Waals surface area contributed by atoms with Crippen molar-refractivity contribution in [2.75, 3.05) is 18.8 Å². The predicted molar refractivity (Wildman–Crippen MR) is 76.3 cm³/mol. The molecule has 0 aliphatic carbocycles. The Bertz CT molecular complexity index is 651. The maximum absolute atomic E-state index is 12.7. The third-order valence-electron chi connectivity index (χ3n) is 3.22. The van der Waals surface area contributed by atoms with Crippen molar-refractivity contribution in [2.45, 2.75) is 31.0 Å². The fourth-order valence-electron chi connectivity index (χ4n) is 2.41. The largest absolute Gasteiger partial charge is 0.393 e. The summed E-state index contributed by atoms with van der Waals surface area (Å²) in [6.07, 6.45) is -0.549. The van der Waals surface area contributed by atoms with Gasteiger partial charge in [0.25, 0.3) is 0 Å². The standard InChI is InChI=1S/C12H17N3O5S/c1-8-6-14(7-9(2)20-8)21(18,19)11-5-3-4-10(13)12(11)15(16)17/h3-5,8-9H,6-7,13H2,1-2H3. The number of benzene rings is 1. The molecule has 2 unspecified atom stereocenters. The summed E-state index contributed by atoms with van der Waals surface area (Å²) in [5.74, 6) is 0. The second-order valence-corrected chi connectivity index (χ2v) is 6.94. The number of para-hydroxylation sites is 1. The van der Waals surface area contributed by atoms with Gasteiger partial charge in [0, 0.05) is 13.1 Å². The molecule has 0 spiro atoms. The van der Waals surface area contributed by atoms with Crippen molar-refractivity contribution >= 4 is 21.4 Å². The number of hydrogen-bond donors (Lipinski definition) is 1. The van der Waals surface area contributed by atoms with E-state index in [4.69, 9.17) is 10.5 Å². The maximum atomic E-state index is 12.7. The number of sulfonamides is 1. The Labute approximate surface area is 122 Å². The first kappa shape index (κ1) is 15.7. The molecule has 21 heavy (non-hydrogen) atoms. The van der Waals surface area contributed by atoms with Crippen molar-refractivity contribution < 1.29 is 18.1 Å². The van der Waals surface area contributed by atoms with Crippen LogP contribution < -0.4 is 5.73 Å². The SMILES string of the molecule is CC1CN(S(=O)(=O)c2cccc(N)c2[N+](=O)[O-])CC(C)O1. The number of nitrogen functional groups attached to an aromatic ring is 1. The van der Waals surface area contributed by atoms with E-state index in [1.54, 1.807) is 13.8 Å². The molecule has 1 saturated heterocycles. The molecular formula is C12H17N3O5S. The molecule has 1 aliphatic rings. The quantitative estimate of drug-likeness (QED) is 0.505. The van der Waals surface area contributed by atoms with Crippen LogP contribution in [0.4, 0.5) is 11.4 Å². The molecule has 2 rings (SSSR count). The summed E-state index contributed by atoms with van der Waals surface area (Å²) in [5.41, 5.74) is 4.80. The topological polar surface area (TPSA) is 116 Å². The van der Waals surface area contributed by atoms with Crippen molar-refractivity contribution in [1.29, 1.82) is 0 Å². The van der Waals surface area contributed by atoms with Gasteiger partial charge in [0.1, 0.15) is 5.69 Å². The molecule has 2 N–H and O–H groups in total. The smallest absolute Gasteiger partial charge is 0.312 e. The van der Waals surface area contributed by atoms with Crippen molar-refractivity contribution in [3.63, 3.8) is 0 Å². The summed E-state index contributed by atoms with van der Waals surface area (Å²) in [5, 5.41) is 11.1. The zero-order valence-corrected chi connectivity index (χ0v) is 12.5. The molecule has 8 nitrogen and oxygen atoms in total. The molecule has 1 fully saturated rings. The molecule has 0 bridgehead atoms. The molecule has 9 heteroatoms. The van der Waals surface area contributed by atoms with E-state index in [9.17, 15) is 18.5 Å². The van der Waals surface area contributed by atoms with Gasteiger partial charge in [-0.05, 0) is 26.0 Å². The Hall–Kier alpha value is -1.71. The number of ether oxygens (including phenoxy) is 1. The minimum atomic E-state index is -3.99. The highest BCUT2D eigenvalue weighted by Gasteiger charge is 2.37. The molecule has 0 saturated carbocycles. The highest BCUT2D eigenvalue weighted by atomic mass is 32.2. The van der Waals surface area contributed by atoms with Gasteiger partial charge in [-0.2, -0.15) is 4.31 Å². The van der Waals surface area contributed by atoms with Crippen LogP contribution >= 0.6 is 0 Å². The number of rotatable bonds is 3. The molecule has 1 aromatic carbocycles. The fourth-order valence-corrected chi connectivity index (χ4v) is 4.19. The monoisotopic (exact) mass is 315 g/mol. The molecule has 0 amide bonds. The number of nitrogens with zero attached hydrogens (tertiary/aromatic N) is 2. The zero-order chi connectivity index (χ0) is 15.8. The normalized spacial score (nSPS) is 23.9. The van der Waals surface area contributed by atoms with Crippen LogP contribution in [0.5, 0.6) is 0 Å². The second kappa shape index (κ2) is 5.58. The molecule has 0 radical (unpaired) electrons. The number of anilines is 1. The highest BCUT2D eigenvalue weighted by molar-refractivity contribution is 7.89. The van der Waals surface area contributed by atoms with Crippen molar-refractivity contribution in [2.24, 2.45) is 0 Å². The molecule has 1 aliphatic heterocycles. The first-order chi connectivity index (χ1) is 9.73. The van der Waals surface area contributed by atoms with Crippen LogP contribution in [0.3, 0.4) is 0 Å². The Morgan fingerprint density at radius 3 is 2.43 bits per heavy atom. The molecule has 1 heterocycles. The summed E-state index contributed by atoms with van der Waals surface area (Å²) in [6.45, 7) is 3.81. The Morgan fingerprint density at radius 1 is 1.33 bits per heavy atom. The van der Waals surface area contributed by atoms with Crippen LogP contribution in [0.25, 0.3) is 0 Å². The third kappa shape index (κ3) is 2.99. The van der Waals surface area contributed by atoms with Crippen LogP contribution in [0.2, 0.25) is 0 Å². The van der Waals surface area contributed by atoms with Gasteiger partial charge >= 0.3 is 5.69 Å². The van der Waals surface area contributed by atoms with Crippen LogP contribution in [0.15, 0.2) is 23.1 Å². The Kier molecular flexibility index (Phi) is 4.17. The Balaban J connectivity index is 2.50. The van der Waals surface area contributed by atoms with Crippen LogP contribution in [0, 0.1) is 10.1 Å². The summed E-state index contributed by atoms with van der Waals surface area (Å²) in [6, 6.07) is 3.90. The lowest BCUT2D eigenvalue weighted by atomic mass is 10.3. The van der Waals surface area contributed by atoms with Crippen molar-refractivity contribution in [3.8, 4) is 0 Å². The predicted octanol–water partition coefficient (Wildman–Crippen LogP) is 0.975. The molecule has 2 atom stereocenters. The van der Waals surface area contributed by atoms with Crippen molar-refractivity contribution in [3.05, 3.63) is 28.3 Å². The Morgan fingerprint density at radius 2 is 1.90 bits per heavy atom. The van der Waals surface area contributed by atoms with E-state index in [1.807, 2.05) is 0 Å².